The van der Waals surface area contributed by atoms with Crippen LogP contribution in [-0.2, 0) is 0 Å². The van der Waals surface area contributed by atoms with Gasteiger partial charge in [0, 0.05) is 13.1 Å². The Morgan fingerprint density at radius 2 is 2.06 bits per heavy atom. The molecule has 3 rings (SSSR count). The van der Waals surface area contributed by atoms with Crippen molar-refractivity contribution in [3.8, 4) is 5.69 Å². The average Bonchev–Trinajstić information content (AvgIpc) is 2.89. The number of nitrogens with zero attached hydrogens (tertiary/aromatic N) is 5. The zero-order valence-electron chi connectivity index (χ0n) is 9.91. The number of halogens is 1. The molecule has 94 valence electrons. The molecule has 0 N–H and O–H groups in total. The number of alkyl halides is 1. The lowest BCUT2D eigenvalue weighted by Gasteiger charge is -2.29. The summed E-state index contributed by atoms with van der Waals surface area (Å²) < 4.78 is 1.76. The molecule has 18 heavy (non-hydrogen) atoms. The average molecular weight is 264 g/mol. The van der Waals surface area contributed by atoms with Gasteiger partial charge in [0.05, 0.1) is 11.1 Å². The van der Waals surface area contributed by atoms with Gasteiger partial charge < -0.3 is 4.90 Å². The molecule has 1 aromatic heterocycles. The van der Waals surface area contributed by atoms with Crippen molar-refractivity contribution in [2.24, 2.45) is 0 Å². The van der Waals surface area contributed by atoms with E-state index in [-0.39, 0.29) is 5.38 Å². The molecular formula is C12H14ClN5. The highest BCUT2D eigenvalue weighted by Gasteiger charge is 2.22. The third kappa shape index (κ3) is 2.18. The van der Waals surface area contributed by atoms with Crippen LogP contribution in [0.1, 0.15) is 12.8 Å². The summed E-state index contributed by atoms with van der Waals surface area (Å²) in [5.41, 5.74) is 0.967. The maximum Gasteiger partial charge on any atom is 0.250 e. The Balaban J connectivity index is 1.92. The van der Waals surface area contributed by atoms with Gasteiger partial charge in [-0.2, -0.15) is 4.68 Å². The second kappa shape index (κ2) is 4.94. The minimum absolute atomic E-state index is 0.180. The number of rotatable bonds is 2. The Hall–Kier alpha value is -1.62. The van der Waals surface area contributed by atoms with Gasteiger partial charge in [-0.3, -0.25) is 0 Å². The van der Waals surface area contributed by atoms with E-state index in [0.717, 1.165) is 37.6 Å². The lowest BCUT2D eigenvalue weighted by Crippen LogP contribution is -2.37. The van der Waals surface area contributed by atoms with E-state index in [2.05, 4.69) is 20.4 Å². The van der Waals surface area contributed by atoms with Gasteiger partial charge in [0.15, 0.2) is 0 Å². The van der Waals surface area contributed by atoms with Crippen molar-refractivity contribution in [2.45, 2.75) is 18.2 Å². The predicted octanol–water partition coefficient (Wildman–Crippen LogP) is 1.87. The number of tetrazole rings is 1. The molecule has 1 aliphatic heterocycles. The molecule has 1 atom stereocenters. The van der Waals surface area contributed by atoms with E-state index in [0.29, 0.717) is 0 Å². The number of hydrogen-bond acceptors (Lipinski definition) is 4. The minimum atomic E-state index is 0.180. The Morgan fingerprint density at radius 1 is 1.22 bits per heavy atom. The molecule has 1 unspecified atom stereocenters. The summed E-state index contributed by atoms with van der Waals surface area (Å²) in [4.78, 5) is 2.15. The van der Waals surface area contributed by atoms with Crippen LogP contribution in [0.15, 0.2) is 30.3 Å². The van der Waals surface area contributed by atoms with Gasteiger partial charge in [-0.1, -0.05) is 23.3 Å². The van der Waals surface area contributed by atoms with Gasteiger partial charge >= 0.3 is 0 Å². The summed E-state index contributed by atoms with van der Waals surface area (Å²) in [7, 11) is 0. The summed E-state index contributed by atoms with van der Waals surface area (Å²) >= 11 is 6.21. The van der Waals surface area contributed by atoms with Gasteiger partial charge in [0.25, 0.3) is 0 Å². The monoisotopic (exact) mass is 263 g/mol. The number of piperidine rings is 1. The van der Waals surface area contributed by atoms with Crippen LogP contribution in [0, 0.1) is 0 Å². The molecule has 1 aliphatic rings. The number of anilines is 1. The van der Waals surface area contributed by atoms with Crippen LogP contribution in [0.5, 0.6) is 0 Å². The van der Waals surface area contributed by atoms with E-state index >= 15 is 0 Å². The van der Waals surface area contributed by atoms with Gasteiger partial charge in [0.2, 0.25) is 5.95 Å². The first kappa shape index (κ1) is 11.5. The molecule has 0 radical (unpaired) electrons. The first-order valence-electron chi connectivity index (χ1n) is 6.07. The first-order valence-corrected chi connectivity index (χ1v) is 6.51. The summed E-state index contributed by atoms with van der Waals surface area (Å²) in [6, 6.07) is 9.90. The molecule has 1 saturated heterocycles. The molecular weight excluding hydrogens is 250 g/mol. The second-order valence-corrected chi connectivity index (χ2v) is 5.03. The normalized spacial score (nSPS) is 20.1. The van der Waals surface area contributed by atoms with E-state index in [1.54, 1.807) is 4.68 Å². The maximum atomic E-state index is 6.21. The van der Waals surface area contributed by atoms with Crippen LogP contribution in [0.25, 0.3) is 5.69 Å². The lowest BCUT2D eigenvalue weighted by atomic mass is 10.1. The third-order valence-electron chi connectivity index (χ3n) is 3.10. The van der Waals surface area contributed by atoms with E-state index in [1.807, 2.05) is 30.3 Å². The fourth-order valence-electron chi connectivity index (χ4n) is 2.22. The standard InChI is InChI=1S/C12H14ClN5/c13-10-5-4-8-17(9-10)12-14-15-16-18(12)11-6-2-1-3-7-11/h1-3,6-7,10H,4-5,8-9H2. The molecule has 0 bridgehead atoms. The molecule has 0 aliphatic carbocycles. The molecule has 5 nitrogen and oxygen atoms in total. The smallest absolute Gasteiger partial charge is 0.250 e. The molecule has 1 aromatic carbocycles. The fourth-order valence-corrected chi connectivity index (χ4v) is 2.54. The van der Waals surface area contributed by atoms with Crippen molar-refractivity contribution in [1.82, 2.24) is 20.2 Å². The van der Waals surface area contributed by atoms with Crippen molar-refractivity contribution < 1.29 is 0 Å². The predicted molar refractivity (Wildman–Crippen MR) is 70.2 cm³/mol. The van der Waals surface area contributed by atoms with Crippen molar-refractivity contribution in [2.75, 3.05) is 18.0 Å². The maximum absolute atomic E-state index is 6.21. The summed E-state index contributed by atoms with van der Waals surface area (Å²) in [5.74, 6) is 0.770. The number of para-hydroxylation sites is 1. The quantitative estimate of drug-likeness (QED) is 0.776. The first-order chi connectivity index (χ1) is 8.84. The summed E-state index contributed by atoms with van der Waals surface area (Å²) in [6.45, 7) is 1.76. The van der Waals surface area contributed by atoms with Crippen molar-refractivity contribution >= 4 is 17.5 Å². The Bertz CT molecular complexity index is 512. The Labute approximate surface area is 110 Å². The number of benzene rings is 1. The zero-order chi connectivity index (χ0) is 12.4. The molecule has 1 fully saturated rings. The third-order valence-corrected chi connectivity index (χ3v) is 3.46. The zero-order valence-corrected chi connectivity index (χ0v) is 10.7. The summed E-state index contributed by atoms with van der Waals surface area (Å²) in [6.07, 6.45) is 2.14. The highest BCUT2D eigenvalue weighted by molar-refractivity contribution is 6.21. The van der Waals surface area contributed by atoms with Gasteiger partial charge in [0.1, 0.15) is 0 Å². The van der Waals surface area contributed by atoms with E-state index in [9.17, 15) is 0 Å². The SMILES string of the molecule is ClC1CCCN(c2nnnn2-c2ccccc2)C1. The van der Waals surface area contributed by atoms with Crippen molar-refractivity contribution in [1.29, 1.82) is 0 Å². The van der Waals surface area contributed by atoms with Gasteiger partial charge in [-0.05, 0) is 35.4 Å². The highest BCUT2D eigenvalue weighted by Crippen LogP contribution is 2.21. The van der Waals surface area contributed by atoms with E-state index < -0.39 is 0 Å². The van der Waals surface area contributed by atoms with Crippen LogP contribution in [-0.4, -0.2) is 38.7 Å². The van der Waals surface area contributed by atoms with E-state index in [4.69, 9.17) is 11.6 Å². The van der Waals surface area contributed by atoms with Crippen LogP contribution in [0.4, 0.5) is 5.95 Å². The topological polar surface area (TPSA) is 46.8 Å². The van der Waals surface area contributed by atoms with Crippen LogP contribution >= 0.6 is 11.6 Å². The molecule has 2 heterocycles. The van der Waals surface area contributed by atoms with Gasteiger partial charge in [-0.25, -0.2) is 0 Å². The molecule has 0 amide bonds. The van der Waals surface area contributed by atoms with E-state index in [1.165, 1.54) is 0 Å². The second-order valence-electron chi connectivity index (χ2n) is 4.41. The number of aromatic nitrogens is 4. The van der Waals surface area contributed by atoms with Gasteiger partial charge in [-0.15, -0.1) is 11.6 Å². The molecule has 0 spiro atoms. The van der Waals surface area contributed by atoms with Crippen molar-refractivity contribution in [3.05, 3.63) is 30.3 Å². The minimum Gasteiger partial charge on any atom is -0.338 e. The Kier molecular flexibility index (Phi) is 3.15. The largest absolute Gasteiger partial charge is 0.338 e. The summed E-state index contributed by atoms with van der Waals surface area (Å²) in [5, 5.41) is 12.1. The van der Waals surface area contributed by atoms with Crippen LogP contribution < -0.4 is 4.90 Å². The fraction of sp³-hybridized carbons (Fsp3) is 0.417. The molecule has 6 heteroatoms. The van der Waals surface area contributed by atoms with Crippen LogP contribution in [0.3, 0.4) is 0 Å². The molecule has 2 aromatic rings. The number of hydrogen-bond donors (Lipinski definition) is 0. The lowest BCUT2D eigenvalue weighted by molar-refractivity contribution is 0.569. The van der Waals surface area contributed by atoms with Crippen molar-refractivity contribution in [3.63, 3.8) is 0 Å². The van der Waals surface area contributed by atoms with Crippen LogP contribution in [0.2, 0.25) is 0 Å². The highest BCUT2D eigenvalue weighted by atomic mass is 35.5. The molecule has 0 saturated carbocycles. The Morgan fingerprint density at radius 3 is 2.83 bits per heavy atom.